The highest BCUT2D eigenvalue weighted by Crippen LogP contribution is 2.42. The van der Waals surface area contributed by atoms with Crippen molar-refractivity contribution in [2.24, 2.45) is 0 Å². The van der Waals surface area contributed by atoms with Gasteiger partial charge in [0.1, 0.15) is 5.82 Å². The summed E-state index contributed by atoms with van der Waals surface area (Å²) in [5, 5.41) is 11.4. The van der Waals surface area contributed by atoms with E-state index >= 15 is 0 Å². The third-order valence-corrected chi connectivity index (χ3v) is 6.13. The Hall–Kier alpha value is -1.39. The largest absolute Gasteiger partial charge is 0.387 e. The summed E-state index contributed by atoms with van der Waals surface area (Å²) in [5.41, 5.74) is 6.08. The smallest absolute Gasteiger partial charge is 0.141 e. The minimum absolute atomic E-state index is 0.0429. The molecule has 0 saturated heterocycles. The van der Waals surface area contributed by atoms with Crippen LogP contribution in [-0.2, 0) is 6.42 Å². The van der Waals surface area contributed by atoms with Gasteiger partial charge in [0.15, 0.2) is 0 Å². The first-order valence-corrected chi connectivity index (χ1v) is 9.57. The van der Waals surface area contributed by atoms with Gasteiger partial charge in [-0.2, -0.15) is 0 Å². The monoisotopic (exact) mass is 391 g/mol. The summed E-state index contributed by atoms with van der Waals surface area (Å²) in [5.74, 6) is -0.467. The first-order chi connectivity index (χ1) is 12.4. The van der Waals surface area contributed by atoms with E-state index in [1.807, 2.05) is 6.07 Å². The van der Waals surface area contributed by atoms with Crippen molar-refractivity contribution in [2.75, 3.05) is 13.1 Å². The summed E-state index contributed by atoms with van der Waals surface area (Å²) >= 11 is 12.0. The van der Waals surface area contributed by atoms with Crippen molar-refractivity contribution < 1.29 is 9.50 Å². The lowest BCUT2D eigenvalue weighted by atomic mass is 9.93. The van der Waals surface area contributed by atoms with Crippen LogP contribution in [-0.4, -0.2) is 29.1 Å². The van der Waals surface area contributed by atoms with Crippen LogP contribution in [0, 0.1) is 5.82 Å². The van der Waals surface area contributed by atoms with E-state index < -0.39 is 11.9 Å². The molecule has 2 atom stereocenters. The van der Waals surface area contributed by atoms with E-state index in [1.165, 1.54) is 34.4 Å². The van der Waals surface area contributed by atoms with Crippen molar-refractivity contribution in [3.05, 3.63) is 74.5 Å². The Labute approximate surface area is 162 Å². The first kappa shape index (κ1) is 18.0. The number of halogens is 3. The molecule has 0 saturated carbocycles. The topological polar surface area (TPSA) is 23.5 Å². The van der Waals surface area contributed by atoms with Crippen molar-refractivity contribution >= 4 is 28.8 Å². The average Bonchev–Trinajstić information content (AvgIpc) is 2.98. The maximum atomic E-state index is 13.3. The minimum atomic E-state index is -0.698. The lowest BCUT2D eigenvalue weighted by Gasteiger charge is -2.36. The normalized spacial score (nSPS) is 20.9. The molecule has 0 spiro atoms. The number of rotatable bonds is 3. The van der Waals surface area contributed by atoms with E-state index in [4.69, 9.17) is 23.2 Å². The van der Waals surface area contributed by atoms with Gasteiger partial charge in [-0.3, -0.25) is 4.90 Å². The van der Waals surface area contributed by atoms with Gasteiger partial charge in [-0.15, -0.1) is 0 Å². The molecule has 5 heteroatoms. The van der Waals surface area contributed by atoms with Gasteiger partial charge in [-0.05, 0) is 71.9 Å². The zero-order valence-corrected chi connectivity index (χ0v) is 16.0. The van der Waals surface area contributed by atoms with Gasteiger partial charge < -0.3 is 5.11 Å². The molecule has 136 valence electrons. The molecule has 26 heavy (non-hydrogen) atoms. The van der Waals surface area contributed by atoms with E-state index in [0.29, 0.717) is 12.1 Å². The highest BCUT2D eigenvalue weighted by molar-refractivity contribution is 6.31. The summed E-state index contributed by atoms with van der Waals surface area (Å²) in [6, 6.07) is 10.8. The minimum Gasteiger partial charge on any atom is -0.387 e. The number of hydrogen-bond acceptors (Lipinski definition) is 2. The van der Waals surface area contributed by atoms with Crippen LogP contribution < -0.4 is 0 Å². The maximum absolute atomic E-state index is 13.3. The Morgan fingerprint density at radius 2 is 2.04 bits per heavy atom. The van der Waals surface area contributed by atoms with Gasteiger partial charge in [0, 0.05) is 24.2 Å². The Kier molecular flexibility index (Phi) is 4.83. The lowest BCUT2D eigenvalue weighted by molar-refractivity contribution is 0.0977. The fourth-order valence-corrected chi connectivity index (χ4v) is 4.49. The zero-order chi connectivity index (χ0) is 18.4. The molecular formula is C21H20Cl2FNO. The fraction of sp³-hybridized carbons (Fsp3) is 0.333. The van der Waals surface area contributed by atoms with Crippen LogP contribution in [0.4, 0.5) is 4.39 Å². The van der Waals surface area contributed by atoms with Crippen LogP contribution in [0.5, 0.6) is 0 Å². The molecule has 0 amide bonds. The molecule has 1 aliphatic carbocycles. The van der Waals surface area contributed by atoms with Crippen molar-refractivity contribution in [3.8, 4) is 0 Å². The van der Waals surface area contributed by atoms with E-state index in [2.05, 4.69) is 24.0 Å². The molecule has 1 aliphatic heterocycles. The second kappa shape index (κ2) is 6.97. The predicted octanol–water partition coefficient (Wildman–Crippen LogP) is 5.27. The van der Waals surface area contributed by atoms with Gasteiger partial charge in [0.2, 0.25) is 0 Å². The van der Waals surface area contributed by atoms with Crippen molar-refractivity contribution in [3.63, 3.8) is 0 Å². The van der Waals surface area contributed by atoms with E-state index in [1.54, 1.807) is 6.07 Å². The third kappa shape index (κ3) is 3.18. The summed E-state index contributed by atoms with van der Waals surface area (Å²) < 4.78 is 13.3. The standard InChI is InChI=1S/C21H20Cl2FNO/c1-12-17-8-13-2-4-15(22)10-18(13)16(17)6-7-25(12)11-21(26)14-3-5-20(24)19(23)9-14/h2-5,9-10,12,21,26H,6-8,11H2,1H3. The number of β-amino-alcohol motifs (C(OH)–C–C–N with tert-alkyl or cyclic N) is 1. The Balaban J connectivity index is 1.52. The quantitative estimate of drug-likeness (QED) is 0.769. The summed E-state index contributed by atoms with van der Waals surface area (Å²) in [6.45, 7) is 3.56. The molecule has 0 bridgehead atoms. The van der Waals surface area contributed by atoms with Crippen molar-refractivity contribution in [1.29, 1.82) is 0 Å². The SMILES string of the molecule is CC1C2=C(CCN1CC(O)c1ccc(F)c(Cl)c1)c1cc(Cl)ccc1C2. The number of fused-ring (bicyclic) bond motifs is 2. The molecule has 0 radical (unpaired) electrons. The molecule has 2 aliphatic rings. The molecule has 2 aromatic rings. The van der Waals surface area contributed by atoms with Crippen LogP contribution in [0.3, 0.4) is 0 Å². The van der Waals surface area contributed by atoms with E-state index in [9.17, 15) is 9.50 Å². The molecule has 1 N–H and O–H groups in total. The third-order valence-electron chi connectivity index (χ3n) is 5.60. The van der Waals surface area contributed by atoms with Gasteiger partial charge in [0.05, 0.1) is 11.1 Å². The second-order valence-corrected chi connectivity index (χ2v) is 7.94. The zero-order valence-electron chi connectivity index (χ0n) is 14.5. The fourth-order valence-electron chi connectivity index (χ4n) is 4.13. The molecule has 0 aromatic heterocycles. The lowest BCUT2D eigenvalue weighted by Crippen LogP contribution is -2.41. The predicted molar refractivity (Wildman–Crippen MR) is 104 cm³/mol. The van der Waals surface area contributed by atoms with Gasteiger partial charge in [0.25, 0.3) is 0 Å². The molecule has 1 heterocycles. The van der Waals surface area contributed by atoms with Crippen LogP contribution in [0.25, 0.3) is 5.57 Å². The van der Waals surface area contributed by atoms with E-state index in [0.717, 1.165) is 24.4 Å². The first-order valence-electron chi connectivity index (χ1n) is 8.82. The Morgan fingerprint density at radius 3 is 2.81 bits per heavy atom. The molecule has 2 unspecified atom stereocenters. The summed E-state index contributed by atoms with van der Waals surface area (Å²) in [7, 11) is 0. The average molecular weight is 392 g/mol. The molecule has 2 nitrogen and oxygen atoms in total. The molecule has 2 aromatic carbocycles. The molecular weight excluding hydrogens is 372 g/mol. The van der Waals surface area contributed by atoms with Crippen molar-refractivity contribution in [1.82, 2.24) is 4.90 Å². The van der Waals surface area contributed by atoms with Gasteiger partial charge >= 0.3 is 0 Å². The maximum Gasteiger partial charge on any atom is 0.141 e. The number of nitrogens with zero attached hydrogens (tertiary/aromatic N) is 1. The Morgan fingerprint density at radius 1 is 1.23 bits per heavy atom. The molecule has 0 fully saturated rings. The number of benzene rings is 2. The van der Waals surface area contributed by atoms with Crippen LogP contribution in [0.15, 0.2) is 42.0 Å². The summed E-state index contributed by atoms with van der Waals surface area (Å²) in [4.78, 5) is 2.29. The van der Waals surface area contributed by atoms with Crippen molar-refractivity contribution in [2.45, 2.75) is 31.9 Å². The van der Waals surface area contributed by atoms with Gasteiger partial charge in [-0.25, -0.2) is 4.39 Å². The number of hydrogen-bond donors (Lipinski definition) is 1. The van der Waals surface area contributed by atoms with E-state index in [-0.39, 0.29) is 11.1 Å². The molecule has 4 rings (SSSR count). The van der Waals surface area contributed by atoms with Crippen LogP contribution in [0.1, 0.15) is 36.1 Å². The number of aliphatic hydroxyl groups is 1. The summed E-state index contributed by atoms with van der Waals surface area (Å²) in [6.07, 6.45) is 1.19. The Bertz CT molecular complexity index is 896. The van der Waals surface area contributed by atoms with Gasteiger partial charge in [-0.1, -0.05) is 35.3 Å². The highest BCUT2D eigenvalue weighted by Gasteiger charge is 2.33. The van der Waals surface area contributed by atoms with Crippen LogP contribution in [0.2, 0.25) is 10.0 Å². The highest BCUT2D eigenvalue weighted by atomic mass is 35.5. The van der Waals surface area contributed by atoms with Crippen LogP contribution >= 0.6 is 23.2 Å². The second-order valence-electron chi connectivity index (χ2n) is 7.09. The number of aliphatic hydroxyl groups excluding tert-OH is 1.